The van der Waals surface area contributed by atoms with Gasteiger partial charge in [-0.15, -0.1) is 0 Å². The molecule has 0 saturated carbocycles. The van der Waals surface area contributed by atoms with Crippen molar-refractivity contribution in [2.45, 2.75) is 13.8 Å². The molecule has 0 aromatic heterocycles. The molecule has 0 atom stereocenters. The van der Waals surface area contributed by atoms with Crippen molar-refractivity contribution in [3.05, 3.63) is 65.7 Å². The number of benzene rings is 2. The molecule has 0 aliphatic carbocycles. The summed E-state index contributed by atoms with van der Waals surface area (Å²) in [5.41, 5.74) is 2.23. The Hall–Kier alpha value is -2.48. The van der Waals surface area contributed by atoms with Gasteiger partial charge in [0.05, 0.1) is 7.11 Å². The van der Waals surface area contributed by atoms with E-state index in [1.54, 1.807) is 7.11 Å². The first-order chi connectivity index (χ1) is 10.3. The summed E-state index contributed by atoms with van der Waals surface area (Å²) in [6.45, 7) is 3.99. The molecule has 0 saturated heterocycles. The first-order valence-corrected chi connectivity index (χ1v) is 6.98. The van der Waals surface area contributed by atoms with Crippen LogP contribution in [0, 0.1) is 0 Å². The molecule has 0 unspecified atom stereocenters. The minimum atomic E-state index is 0.715. The second kappa shape index (κ2) is 7.34. The van der Waals surface area contributed by atoms with Gasteiger partial charge in [-0.05, 0) is 49.2 Å². The minimum absolute atomic E-state index is 0.715. The molecule has 0 heterocycles. The van der Waals surface area contributed by atoms with Crippen LogP contribution in [0.2, 0.25) is 0 Å². The van der Waals surface area contributed by atoms with Crippen LogP contribution in [-0.2, 0) is 0 Å². The fourth-order valence-corrected chi connectivity index (χ4v) is 2.04. The summed E-state index contributed by atoms with van der Waals surface area (Å²) in [4.78, 5) is 0. The summed E-state index contributed by atoms with van der Waals surface area (Å²) in [5, 5.41) is 0. The highest BCUT2D eigenvalue weighted by Gasteiger charge is 2.06. The Labute approximate surface area is 126 Å². The van der Waals surface area contributed by atoms with E-state index in [1.165, 1.54) is 0 Å². The van der Waals surface area contributed by atoms with E-state index < -0.39 is 0 Å². The molecule has 108 valence electrons. The highest BCUT2D eigenvalue weighted by Crippen LogP contribution is 2.32. The number of methoxy groups -OCH3 is 1. The van der Waals surface area contributed by atoms with E-state index in [-0.39, 0.29) is 0 Å². The van der Waals surface area contributed by atoms with Gasteiger partial charge in [-0.1, -0.05) is 42.5 Å². The molecule has 2 heteroatoms. The van der Waals surface area contributed by atoms with Crippen molar-refractivity contribution < 1.29 is 9.47 Å². The normalized spacial score (nSPS) is 11.2. The number of allylic oxidation sites excluding steroid dienone is 2. The third kappa shape index (κ3) is 3.99. The van der Waals surface area contributed by atoms with Gasteiger partial charge in [0, 0.05) is 0 Å². The lowest BCUT2D eigenvalue weighted by Gasteiger charge is -2.11. The molecule has 2 aromatic rings. The van der Waals surface area contributed by atoms with Gasteiger partial charge in [-0.2, -0.15) is 0 Å². The van der Waals surface area contributed by atoms with Crippen molar-refractivity contribution in [3.63, 3.8) is 0 Å². The molecule has 21 heavy (non-hydrogen) atoms. The van der Waals surface area contributed by atoms with Crippen LogP contribution in [0.5, 0.6) is 17.2 Å². The number of rotatable bonds is 5. The number of hydrogen-bond acceptors (Lipinski definition) is 2. The van der Waals surface area contributed by atoms with Gasteiger partial charge in [0.2, 0.25) is 0 Å². The lowest BCUT2D eigenvalue weighted by molar-refractivity contribution is 0.379. The largest absolute Gasteiger partial charge is 0.493 e. The Morgan fingerprint density at radius 3 is 2.00 bits per heavy atom. The van der Waals surface area contributed by atoms with Crippen LogP contribution in [0.4, 0.5) is 0 Å². The molecule has 0 spiro atoms. The Morgan fingerprint density at radius 1 is 0.762 bits per heavy atom. The lowest BCUT2D eigenvalue weighted by Crippen LogP contribution is -1.91. The highest BCUT2D eigenvalue weighted by molar-refractivity contribution is 5.57. The van der Waals surface area contributed by atoms with Gasteiger partial charge < -0.3 is 9.47 Å². The van der Waals surface area contributed by atoms with Crippen LogP contribution < -0.4 is 9.47 Å². The fraction of sp³-hybridized carbons (Fsp3) is 0.158. The molecule has 0 radical (unpaired) electrons. The van der Waals surface area contributed by atoms with Crippen molar-refractivity contribution in [3.8, 4) is 17.2 Å². The number of hydrogen-bond donors (Lipinski definition) is 0. The monoisotopic (exact) mass is 280 g/mol. The highest BCUT2D eigenvalue weighted by atomic mass is 16.5. The first kappa shape index (κ1) is 14.9. The summed E-state index contributed by atoms with van der Waals surface area (Å²) in [6.07, 6.45) is 8.09. The zero-order valence-corrected chi connectivity index (χ0v) is 12.7. The second-order valence-electron chi connectivity index (χ2n) is 4.58. The molecule has 0 amide bonds. The summed E-state index contributed by atoms with van der Waals surface area (Å²) in [5.74, 6) is 2.23. The van der Waals surface area contributed by atoms with E-state index in [2.05, 4.69) is 6.08 Å². The lowest BCUT2D eigenvalue weighted by atomic mass is 10.2. The molecule has 0 aliphatic rings. The van der Waals surface area contributed by atoms with Crippen LogP contribution in [-0.4, -0.2) is 7.11 Å². The van der Waals surface area contributed by atoms with Crippen molar-refractivity contribution >= 4 is 12.2 Å². The smallest absolute Gasteiger partial charge is 0.169 e. The van der Waals surface area contributed by atoms with Crippen LogP contribution in [0.1, 0.15) is 25.0 Å². The average Bonchev–Trinajstić information content (AvgIpc) is 2.50. The predicted octanol–water partition coefficient (Wildman–Crippen LogP) is 5.55. The Bertz CT molecular complexity index is 637. The van der Waals surface area contributed by atoms with E-state index in [9.17, 15) is 0 Å². The first-order valence-electron chi connectivity index (χ1n) is 6.98. The van der Waals surface area contributed by atoms with Gasteiger partial charge in [0.15, 0.2) is 11.5 Å². The summed E-state index contributed by atoms with van der Waals surface area (Å²) < 4.78 is 11.3. The summed E-state index contributed by atoms with van der Waals surface area (Å²) in [6, 6.07) is 13.8. The third-order valence-electron chi connectivity index (χ3n) is 3.01. The molecule has 2 aromatic carbocycles. The van der Waals surface area contributed by atoms with Crippen LogP contribution in [0.25, 0.3) is 12.2 Å². The zero-order chi connectivity index (χ0) is 15.1. The molecule has 2 rings (SSSR count). The molecule has 0 aliphatic heterocycles. The maximum Gasteiger partial charge on any atom is 0.169 e. The third-order valence-corrected chi connectivity index (χ3v) is 3.01. The molecule has 0 N–H and O–H groups in total. The Balaban J connectivity index is 2.26. The maximum absolute atomic E-state index is 5.94. The average molecular weight is 280 g/mol. The van der Waals surface area contributed by atoms with Gasteiger partial charge >= 0.3 is 0 Å². The summed E-state index contributed by atoms with van der Waals surface area (Å²) in [7, 11) is 1.65. The minimum Gasteiger partial charge on any atom is -0.493 e. The van der Waals surface area contributed by atoms with E-state index >= 15 is 0 Å². The van der Waals surface area contributed by atoms with E-state index in [4.69, 9.17) is 9.47 Å². The number of ether oxygens (including phenoxy) is 2. The molecule has 2 nitrogen and oxygen atoms in total. The summed E-state index contributed by atoms with van der Waals surface area (Å²) >= 11 is 0. The van der Waals surface area contributed by atoms with Gasteiger partial charge in [-0.3, -0.25) is 0 Å². The van der Waals surface area contributed by atoms with Gasteiger partial charge in [-0.25, -0.2) is 0 Å². The fourth-order valence-electron chi connectivity index (χ4n) is 2.04. The zero-order valence-electron chi connectivity index (χ0n) is 12.7. The Kier molecular flexibility index (Phi) is 5.22. The molecular weight excluding hydrogens is 260 g/mol. The van der Waals surface area contributed by atoms with E-state index in [0.29, 0.717) is 5.75 Å². The Morgan fingerprint density at radius 2 is 1.38 bits per heavy atom. The second-order valence-corrected chi connectivity index (χ2v) is 4.58. The van der Waals surface area contributed by atoms with Crippen molar-refractivity contribution in [2.24, 2.45) is 0 Å². The molecule has 0 bridgehead atoms. The van der Waals surface area contributed by atoms with Crippen LogP contribution in [0.3, 0.4) is 0 Å². The van der Waals surface area contributed by atoms with Gasteiger partial charge in [0.25, 0.3) is 0 Å². The molecular formula is C19H20O2. The van der Waals surface area contributed by atoms with Crippen molar-refractivity contribution in [1.29, 1.82) is 0 Å². The van der Waals surface area contributed by atoms with Crippen molar-refractivity contribution in [2.75, 3.05) is 7.11 Å². The van der Waals surface area contributed by atoms with Crippen LogP contribution >= 0.6 is 0 Å². The van der Waals surface area contributed by atoms with E-state index in [0.717, 1.165) is 22.6 Å². The van der Waals surface area contributed by atoms with Crippen LogP contribution in [0.15, 0.2) is 54.6 Å². The standard InChI is InChI=1S/C19H20O2/c1-4-6-15-8-11-17(12-9-15)21-19-14-16(7-5-2)10-13-18(19)20-3/h4-14H,1-3H3. The van der Waals surface area contributed by atoms with Crippen molar-refractivity contribution in [1.82, 2.24) is 0 Å². The SMILES string of the molecule is CC=Cc1ccc(Oc2cc(C=CC)ccc2OC)cc1. The van der Waals surface area contributed by atoms with E-state index in [1.807, 2.05) is 74.5 Å². The predicted molar refractivity (Wildman–Crippen MR) is 88.9 cm³/mol. The molecule has 0 fully saturated rings. The topological polar surface area (TPSA) is 18.5 Å². The quantitative estimate of drug-likeness (QED) is 0.714. The maximum atomic E-state index is 5.94. The van der Waals surface area contributed by atoms with Gasteiger partial charge in [0.1, 0.15) is 5.75 Å².